The van der Waals surface area contributed by atoms with E-state index in [-0.39, 0.29) is 10.7 Å². The third kappa shape index (κ3) is 4.45. The van der Waals surface area contributed by atoms with Crippen LogP contribution in [0.4, 0.5) is 10.5 Å². The Morgan fingerprint density at radius 2 is 2.06 bits per heavy atom. The van der Waals surface area contributed by atoms with Gasteiger partial charge in [-0.15, -0.1) is 0 Å². The molecule has 1 fully saturated rings. The molecular weight excluding hydrogens is 440 g/mol. The molecule has 2 heterocycles. The Labute approximate surface area is 191 Å². The average molecular weight is 463 g/mol. The van der Waals surface area contributed by atoms with Gasteiger partial charge in [0.2, 0.25) is 0 Å². The van der Waals surface area contributed by atoms with Crippen LogP contribution >= 0.6 is 0 Å². The van der Waals surface area contributed by atoms with Gasteiger partial charge in [0, 0.05) is 24.5 Å². The molecule has 1 aromatic carbocycles. The highest BCUT2D eigenvalue weighted by Gasteiger charge is 2.26. The standard InChI is InChI=1S/C23H22N6O3S/c24-13-18-12-17(8-10-25-18)20-7-6-16-2-1-3-19(16)22(20)26-23(30)28-33(31,32)21-9-11-29(27-21)14-15-4-5-15/h6-12,15H,1-5,14H2,(H2,26,28,30). The molecule has 0 atom stereocenters. The number of hydrogen-bond acceptors (Lipinski definition) is 6. The van der Waals surface area contributed by atoms with E-state index in [0.29, 0.717) is 29.3 Å². The normalized spacial score (nSPS) is 15.0. The van der Waals surface area contributed by atoms with Gasteiger partial charge in [0.05, 0.1) is 5.69 Å². The van der Waals surface area contributed by atoms with Crippen molar-refractivity contribution in [3.8, 4) is 17.2 Å². The van der Waals surface area contributed by atoms with E-state index in [1.807, 2.05) is 18.2 Å². The van der Waals surface area contributed by atoms with Crippen molar-refractivity contribution in [2.45, 2.75) is 43.7 Å². The molecule has 3 aromatic rings. The Hall–Kier alpha value is -3.71. The van der Waals surface area contributed by atoms with E-state index in [2.05, 4.69) is 20.1 Å². The molecule has 9 nitrogen and oxygen atoms in total. The van der Waals surface area contributed by atoms with E-state index in [1.165, 1.54) is 12.3 Å². The molecule has 0 spiro atoms. The number of aromatic nitrogens is 3. The second kappa shape index (κ2) is 8.33. The van der Waals surface area contributed by atoms with E-state index < -0.39 is 16.1 Å². The number of anilines is 1. The number of fused-ring (bicyclic) bond motifs is 1. The van der Waals surface area contributed by atoms with Crippen molar-refractivity contribution >= 4 is 21.7 Å². The Morgan fingerprint density at radius 1 is 1.21 bits per heavy atom. The lowest BCUT2D eigenvalue weighted by Gasteiger charge is -2.16. The first-order valence-corrected chi connectivity index (χ1v) is 12.3. The van der Waals surface area contributed by atoms with E-state index in [1.54, 1.807) is 23.0 Å². The first kappa shape index (κ1) is 21.2. The molecule has 0 aliphatic heterocycles. The van der Waals surface area contributed by atoms with E-state index in [9.17, 15) is 18.5 Å². The van der Waals surface area contributed by atoms with Crippen molar-refractivity contribution in [2.75, 3.05) is 5.32 Å². The summed E-state index contributed by atoms with van der Waals surface area (Å²) in [5, 5.41) is 15.9. The summed E-state index contributed by atoms with van der Waals surface area (Å²) in [7, 11) is -4.12. The molecule has 10 heteroatoms. The Morgan fingerprint density at radius 3 is 2.85 bits per heavy atom. The number of amides is 2. The quantitative estimate of drug-likeness (QED) is 0.578. The molecule has 2 amide bonds. The molecule has 0 saturated heterocycles. The van der Waals surface area contributed by atoms with Gasteiger partial charge in [0.15, 0.2) is 5.03 Å². The van der Waals surface area contributed by atoms with Crippen LogP contribution in [-0.4, -0.2) is 29.2 Å². The SMILES string of the molecule is N#Cc1cc(-c2ccc3c(c2NC(=O)NS(=O)(=O)c2ccn(CC4CC4)n2)CCC3)ccn1. The van der Waals surface area contributed by atoms with Gasteiger partial charge in [-0.25, -0.2) is 14.5 Å². The number of sulfonamides is 1. The van der Waals surface area contributed by atoms with Crippen molar-refractivity contribution in [1.82, 2.24) is 19.5 Å². The number of urea groups is 1. The summed E-state index contributed by atoms with van der Waals surface area (Å²) < 4.78 is 29.1. The van der Waals surface area contributed by atoms with E-state index >= 15 is 0 Å². The summed E-state index contributed by atoms with van der Waals surface area (Å²) in [6.45, 7) is 0.678. The lowest BCUT2D eigenvalue weighted by atomic mass is 9.97. The number of rotatable bonds is 6. The maximum atomic E-state index is 12.8. The number of carbonyl (C=O) groups excluding carboxylic acids is 1. The molecule has 1 saturated carbocycles. The number of nitrogens with one attached hydrogen (secondary N) is 2. The fourth-order valence-corrected chi connectivity index (χ4v) is 5.03. The summed E-state index contributed by atoms with van der Waals surface area (Å²) in [6, 6.07) is 9.84. The Kier molecular flexibility index (Phi) is 5.34. The molecule has 5 rings (SSSR count). The summed E-state index contributed by atoms with van der Waals surface area (Å²) in [4.78, 5) is 16.8. The van der Waals surface area contributed by atoms with Crippen LogP contribution in [0.15, 0.2) is 47.8 Å². The van der Waals surface area contributed by atoms with Gasteiger partial charge in [0.1, 0.15) is 11.8 Å². The highest BCUT2D eigenvalue weighted by Crippen LogP contribution is 2.37. The van der Waals surface area contributed by atoms with Crippen LogP contribution in [0.3, 0.4) is 0 Å². The summed E-state index contributed by atoms with van der Waals surface area (Å²) >= 11 is 0. The van der Waals surface area contributed by atoms with Crippen molar-refractivity contribution in [3.63, 3.8) is 0 Å². The van der Waals surface area contributed by atoms with E-state index in [4.69, 9.17) is 0 Å². The van der Waals surface area contributed by atoms with Gasteiger partial charge in [0.25, 0.3) is 10.0 Å². The number of aryl methyl sites for hydroxylation is 1. The van der Waals surface area contributed by atoms with Crippen molar-refractivity contribution in [2.24, 2.45) is 5.92 Å². The zero-order valence-electron chi connectivity index (χ0n) is 17.8. The summed E-state index contributed by atoms with van der Waals surface area (Å²) in [5.74, 6) is 0.546. The first-order valence-electron chi connectivity index (χ1n) is 10.8. The highest BCUT2D eigenvalue weighted by atomic mass is 32.2. The zero-order chi connectivity index (χ0) is 23.0. The predicted octanol–water partition coefficient (Wildman–Crippen LogP) is 3.23. The predicted molar refractivity (Wildman–Crippen MR) is 121 cm³/mol. The lowest BCUT2D eigenvalue weighted by molar-refractivity contribution is 0.256. The molecule has 168 valence electrons. The third-order valence-electron chi connectivity index (χ3n) is 5.97. The van der Waals surface area contributed by atoms with Crippen molar-refractivity contribution in [3.05, 3.63) is 59.5 Å². The molecule has 0 radical (unpaired) electrons. The molecule has 0 bridgehead atoms. The monoisotopic (exact) mass is 462 g/mol. The van der Waals surface area contributed by atoms with Crippen LogP contribution in [0, 0.1) is 17.2 Å². The number of benzene rings is 1. The topological polar surface area (TPSA) is 130 Å². The summed E-state index contributed by atoms with van der Waals surface area (Å²) in [5.41, 5.74) is 4.32. The number of pyridine rings is 1. The largest absolute Gasteiger partial charge is 0.333 e. The van der Waals surface area contributed by atoms with Crippen molar-refractivity contribution in [1.29, 1.82) is 5.26 Å². The van der Waals surface area contributed by atoms with E-state index in [0.717, 1.165) is 43.2 Å². The minimum Gasteiger partial charge on any atom is -0.306 e. The van der Waals surface area contributed by atoms with Crippen molar-refractivity contribution < 1.29 is 13.2 Å². The van der Waals surface area contributed by atoms with Gasteiger partial charge >= 0.3 is 6.03 Å². The van der Waals surface area contributed by atoms with Crippen LogP contribution in [0.25, 0.3) is 11.1 Å². The second-order valence-corrected chi connectivity index (χ2v) is 10.0. The fraction of sp³-hybridized carbons (Fsp3) is 0.304. The molecule has 2 aliphatic carbocycles. The van der Waals surface area contributed by atoms with Gasteiger partial charge in [-0.3, -0.25) is 4.68 Å². The molecule has 2 N–H and O–H groups in total. The molecular formula is C23H22N6O3S. The fourth-order valence-electron chi connectivity index (χ4n) is 4.18. The smallest absolute Gasteiger partial charge is 0.306 e. The van der Waals surface area contributed by atoms with Crippen LogP contribution in [-0.2, 0) is 29.4 Å². The van der Waals surface area contributed by atoms with Crippen LogP contribution in [0.2, 0.25) is 0 Å². The van der Waals surface area contributed by atoms with Crippen LogP contribution in [0.5, 0.6) is 0 Å². The Bertz CT molecular complexity index is 1390. The summed E-state index contributed by atoms with van der Waals surface area (Å²) in [6.07, 6.45) is 8.01. The average Bonchev–Trinajstić information content (AvgIpc) is 3.26. The second-order valence-electron chi connectivity index (χ2n) is 8.40. The number of hydrogen-bond donors (Lipinski definition) is 2. The number of nitriles is 1. The zero-order valence-corrected chi connectivity index (χ0v) is 18.6. The molecule has 33 heavy (non-hydrogen) atoms. The minimum absolute atomic E-state index is 0.190. The number of carbonyl (C=O) groups is 1. The van der Waals surface area contributed by atoms with Crippen LogP contribution in [0.1, 0.15) is 36.1 Å². The molecule has 2 aliphatic rings. The molecule has 2 aromatic heterocycles. The first-order chi connectivity index (χ1) is 15.9. The van der Waals surface area contributed by atoms with Gasteiger partial charge < -0.3 is 5.32 Å². The van der Waals surface area contributed by atoms with Gasteiger partial charge in [-0.05, 0) is 72.9 Å². The Balaban J connectivity index is 1.41. The minimum atomic E-state index is -4.12. The maximum Gasteiger partial charge on any atom is 0.333 e. The third-order valence-corrected chi connectivity index (χ3v) is 7.19. The maximum absolute atomic E-state index is 12.8. The van der Waals surface area contributed by atoms with Gasteiger partial charge in [-0.2, -0.15) is 18.8 Å². The van der Waals surface area contributed by atoms with Crippen LogP contribution < -0.4 is 10.0 Å². The molecule has 0 unspecified atom stereocenters. The number of nitrogens with zero attached hydrogens (tertiary/aromatic N) is 4. The lowest BCUT2D eigenvalue weighted by Crippen LogP contribution is -2.35. The highest BCUT2D eigenvalue weighted by molar-refractivity contribution is 7.90. The van der Waals surface area contributed by atoms with Gasteiger partial charge in [-0.1, -0.05) is 12.1 Å².